The van der Waals surface area contributed by atoms with Crippen LogP contribution >= 0.6 is 11.6 Å². The number of nitrogens with one attached hydrogen (secondary N) is 1. The quantitative estimate of drug-likeness (QED) is 0.499. The van der Waals surface area contributed by atoms with Gasteiger partial charge in [-0.05, 0) is 12.8 Å². The topological polar surface area (TPSA) is 89.0 Å². The second-order valence-electron chi connectivity index (χ2n) is 3.87. The lowest BCUT2D eigenvalue weighted by Crippen LogP contribution is -2.12. The minimum absolute atomic E-state index is 0.0889. The Hall–Kier alpha value is -1.21. The second kappa shape index (κ2) is 4.23. The van der Waals surface area contributed by atoms with Gasteiger partial charge in [0.2, 0.25) is 15.0 Å². The number of hydrogen-bond donors (Lipinski definition) is 1. The van der Waals surface area contributed by atoms with E-state index in [1.807, 2.05) is 0 Å². The van der Waals surface area contributed by atoms with Crippen LogP contribution in [0.15, 0.2) is 5.16 Å². The third kappa shape index (κ3) is 2.73. The van der Waals surface area contributed by atoms with Crippen LogP contribution < -0.4 is 5.32 Å². The molecule has 1 heterocycles. The molecule has 1 aliphatic rings. The molecule has 0 bridgehead atoms. The van der Waals surface area contributed by atoms with E-state index in [-0.39, 0.29) is 27.7 Å². The van der Waals surface area contributed by atoms with Crippen LogP contribution in [0.3, 0.4) is 0 Å². The van der Waals surface area contributed by atoms with E-state index in [0.29, 0.717) is 6.29 Å². The molecule has 17 heavy (non-hydrogen) atoms. The van der Waals surface area contributed by atoms with Crippen molar-refractivity contribution in [1.29, 1.82) is 0 Å². The van der Waals surface area contributed by atoms with Crippen molar-refractivity contribution in [2.24, 2.45) is 0 Å². The lowest BCUT2D eigenvalue weighted by molar-refractivity contribution is 0.112. The van der Waals surface area contributed by atoms with E-state index < -0.39 is 9.84 Å². The van der Waals surface area contributed by atoms with Gasteiger partial charge < -0.3 is 5.32 Å². The molecule has 0 aliphatic heterocycles. The van der Waals surface area contributed by atoms with Crippen molar-refractivity contribution in [3.8, 4) is 0 Å². The number of nitrogens with zero attached hydrogens (tertiary/aromatic N) is 2. The van der Waals surface area contributed by atoms with Crippen LogP contribution in [0, 0.1) is 0 Å². The molecule has 1 aromatic heterocycles. The van der Waals surface area contributed by atoms with Crippen LogP contribution in [0.5, 0.6) is 0 Å². The van der Waals surface area contributed by atoms with Crippen molar-refractivity contribution in [2.75, 3.05) is 11.6 Å². The van der Waals surface area contributed by atoms with Gasteiger partial charge in [-0.2, -0.15) is 0 Å². The number of rotatable bonds is 4. The highest BCUT2D eigenvalue weighted by Gasteiger charge is 2.25. The van der Waals surface area contributed by atoms with Gasteiger partial charge in [-0.3, -0.25) is 4.79 Å². The Balaban J connectivity index is 2.52. The fourth-order valence-electron chi connectivity index (χ4n) is 1.22. The lowest BCUT2D eigenvalue weighted by Gasteiger charge is -2.08. The van der Waals surface area contributed by atoms with E-state index >= 15 is 0 Å². The number of aldehydes is 1. The first-order valence-electron chi connectivity index (χ1n) is 4.91. The van der Waals surface area contributed by atoms with Gasteiger partial charge in [0.05, 0.1) is 5.56 Å². The first-order valence-corrected chi connectivity index (χ1v) is 7.18. The Morgan fingerprint density at radius 2 is 2.06 bits per heavy atom. The van der Waals surface area contributed by atoms with Gasteiger partial charge in [0.15, 0.2) is 6.29 Å². The van der Waals surface area contributed by atoms with Gasteiger partial charge in [0.25, 0.3) is 0 Å². The number of aromatic nitrogens is 2. The summed E-state index contributed by atoms with van der Waals surface area (Å²) >= 11 is 5.76. The summed E-state index contributed by atoms with van der Waals surface area (Å²) in [6.45, 7) is 0. The fraction of sp³-hybridized carbons (Fsp3) is 0.444. The number of carbonyl (C=O) groups excluding carboxylic acids is 1. The molecule has 92 valence electrons. The Morgan fingerprint density at radius 1 is 1.41 bits per heavy atom. The molecule has 1 N–H and O–H groups in total. The highest BCUT2D eigenvalue weighted by molar-refractivity contribution is 7.90. The third-order valence-electron chi connectivity index (χ3n) is 2.25. The average Bonchev–Trinajstić information content (AvgIpc) is 3.00. The van der Waals surface area contributed by atoms with E-state index in [2.05, 4.69) is 15.3 Å². The molecule has 0 unspecified atom stereocenters. The normalized spacial score (nSPS) is 15.6. The van der Waals surface area contributed by atoms with Crippen molar-refractivity contribution >= 4 is 33.5 Å². The highest BCUT2D eigenvalue weighted by atomic mass is 35.5. The smallest absolute Gasteiger partial charge is 0.250 e. The van der Waals surface area contributed by atoms with Gasteiger partial charge >= 0.3 is 0 Å². The van der Waals surface area contributed by atoms with E-state index in [4.69, 9.17) is 11.6 Å². The van der Waals surface area contributed by atoms with Gasteiger partial charge in [0, 0.05) is 12.3 Å². The van der Waals surface area contributed by atoms with Crippen LogP contribution in [0.1, 0.15) is 23.2 Å². The first-order chi connectivity index (χ1) is 7.91. The van der Waals surface area contributed by atoms with Crippen LogP contribution in [-0.4, -0.2) is 37.0 Å². The maximum absolute atomic E-state index is 11.3. The number of halogens is 1. The summed E-state index contributed by atoms with van der Waals surface area (Å²) in [6.07, 6.45) is 3.43. The van der Waals surface area contributed by atoms with Crippen LogP contribution in [-0.2, 0) is 9.84 Å². The predicted molar refractivity (Wildman–Crippen MR) is 62.2 cm³/mol. The zero-order valence-corrected chi connectivity index (χ0v) is 10.5. The predicted octanol–water partition coefficient (Wildman–Crippen LogP) is 0.920. The maximum atomic E-state index is 11.3. The molecule has 0 atom stereocenters. The van der Waals surface area contributed by atoms with E-state index in [1.54, 1.807) is 0 Å². The maximum Gasteiger partial charge on any atom is 0.250 e. The second-order valence-corrected chi connectivity index (χ2v) is 6.14. The zero-order chi connectivity index (χ0) is 12.6. The van der Waals surface area contributed by atoms with Crippen molar-refractivity contribution < 1.29 is 13.2 Å². The summed E-state index contributed by atoms with van der Waals surface area (Å²) < 4.78 is 22.7. The summed E-state index contributed by atoms with van der Waals surface area (Å²) in [5, 5.41) is 2.42. The molecule has 0 saturated heterocycles. The van der Waals surface area contributed by atoms with E-state index in [1.165, 1.54) is 0 Å². The third-order valence-corrected chi connectivity index (χ3v) is 3.38. The van der Waals surface area contributed by atoms with Crippen LogP contribution in [0.4, 0.5) is 5.82 Å². The zero-order valence-electron chi connectivity index (χ0n) is 8.97. The van der Waals surface area contributed by atoms with Crippen molar-refractivity contribution in [1.82, 2.24) is 9.97 Å². The monoisotopic (exact) mass is 275 g/mol. The molecule has 1 aromatic rings. The van der Waals surface area contributed by atoms with E-state index in [9.17, 15) is 13.2 Å². The number of carbonyl (C=O) groups is 1. The van der Waals surface area contributed by atoms with Gasteiger partial charge in [-0.15, -0.1) is 0 Å². The summed E-state index contributed by atoms with van der Waals surface area (Å²) in [7, 11) is -3.55. The molecule has 0 aromatic carbocycles. The number of sulfone groups is 1. The Morgan fingerprint density at radius 3 is 2.53 bits per heavy atom. The summed E-state index contributed by atoms with van der Waals surface area (Å²) in [6, 6.07) is 0.229. The average molecular weight is 276 g/mol. The van der Waals surface area contributed by atoms with Gasteiger partial charge in [0.1, 0.15) is 11.0 Å². The lowest BCUT2D eigenvalue weighted by atomic mass is 10.3. The first kappa shape index (κ1) is 12.3. The molecule has 1 saturated carbocycles. The summed E-state index contributed by atoms with van der Waals surface area (Å²) in [5.74, 6) is 0.183. The standard InChI is InChI=1S/C9H10ClN3O3S/c1-17(15,16)9-12-7(10)6(4-14)8(13-9)11-5-2-3-5/h4-5H,2-3H2,1H3,(H,11,12,13). The minimum Gasteiger partial charge on any atom is -0.367 e. The Kier molecular flexibility index (Phi) is 3.05. The molecular weight excluding hydrogens is 266 g/mol. The Bertz CT molecular complexity index is 569. The fourth-order valence-corrected chi connectivity index (χ4v) is 2.00. The molecule has 0 amide bonds. The van der Waals surface area contributed by atoms with Crippen molar-refractivity contribution in [3.05, 3.63) is 10.7 Å². The molecule has 2 rings (SSSR count). The molecule has 0 radical (unpaired) electrons. The number of hydrogen-bond acceptors (Lipinski definition) is 6. The molecule has 0 spiro atoms. The van der Waals surface area contributed by atoms with Crippen LogP contribution in [0.2, 0.25) is 5.15 Å². The molecule has 1 fully saturated rings. The largest absolute Gasteiger partial charge is 0.367 e. The highest BCUT2D eigenvalue weighted by Crippen LogP contribution is 2.28. The van der Waals surface area contributed by atoms with Crippen LogP contribution in [0.25, 0.3) is 0 Å². The summed E-state index contributed by atoms with van der Waals surface area (Å²) in [4.78, 5) is 18.3. The molecule has 8 heteroatoms. The number of anilines is 1. The molecule has 1 aliphatic carbocycles. The van der Waals surface area contributed by atoms with Gasteiger partial charge in [-0.25, -0.2) is 18.4 Å². The summed E-state index contributed by atoms with van der Waals surface area (Å²) in [5.41, 5.74) is 0.0889. The molecular formula is C9H10ClN3O3S. The van der Waals surface area contributed by atoms with E-state index in [0.717, 1.165) is 19.1 Å². The van der Waals surface area contributed by atoms with Crippen molar-refractivity contribution in [3.63, 3.8) is 0 Å². The Labute approximate surface area is 103 Å². The minimum atomic E-state index is -3.55. The van der Waals surface area contributed by atoms with Gasteiger partial charge in [-0.1, -0.05) is 11.6 Å². The SMILES string of the molecule is CS(=O)(=O)c1nc(Cl)c(C=O)c(NC2CC2)n1. The molecule has 6 nitrogen and oxygen atoms in total. The van der Waals surface area contributed by atoms with Crippen molar-refractivity contribution in [2.45, 2.75) is 24.0 Å².